The zero-order valence-electron chi connectivity index (χ0n) is 10.3. The SMILES string of the molecule is Cl.NC1(C(=O)NC2CCSc3ccc(F)cc32)CC1. The Bertz CT molecular complexity index is 507. The molecule has 1 aliphatic carbocycles. The van der Waals surface area contributed by atoms with E-state index in [0.29, 0.717) is 0 Å². The monoisotopic (exact) mass is 302 g/mol. The molecule has 1 amide bonds. The second-order valence-electron chi connectivity index (χ2n) is 5.00. The van der Waals surface area contributed by atoms with Crippen molar-refractivity contribution in [2.75, 3.05) is 5.75 Å². The smallest absolute Gasteiger partial charge is 0.240 e. The molecule has 1 heterocycles. The van der Waals surface area contributed by atoms with Crippen molar-refractivity contribution in [1.82, 2.24) is 5.32 Å². The van der Waals surface area contributed by atoms with Gasteiger partial charge < -0.3 is 11.1 Å². The van der Waals surface area contributed by atoms with Crippen molar-refractivity contribution < 1.29 is 9.18 Å². The summed E-state index contributed by atoms with van der Waals surface area (Å²) in [7, 11) is 0. The summed E-state index contributed by atoms with van der Waals surface area (Å²) in [6, 6.07) is 4.65. The lowest BCUT2D eigenvalue weighted by Gasteiger charge is -2.27. The number of benzene rings is 1. The third-order valence-corrected chi connectivity index (χ3v) is 4.68. The van der Waals surface area contributed by atoms with Crippen LogP contribution in [0.5, 0.6) is 0 Å². The Morgan fingerprint density at radius 2 is 2.21 bits per heavy atom. The number of hydrogen-bond acceptors (Lipinski definition) is 3. The molecule has 1 aromatic carbocycles. The van der Waals surface area contributed by atoms with E-state index in [-0.39, 0.29) is 30.2 Å². The third-order valence-electron chi connectivity index (χ3n) is 3.56. The molecule has 6 heteroatoms. The molecule has 1 saturated carbocycles. The maximum atomic E-state index is 13.3. The summed E-state index contributed by atoms with van der Waals surface area (Å²) in [4.78, 5) is 13.0. The summed E-state index contributed by atoms with van der Waals surface area (Å²) in [5.41, 5.74) is 6.08. The highest BCUT2D eigenvalue weighted by Crippen LogP contribution is 2.38. The van der Waals surface area contributed by atoms with E-state index in [0.717, 1.165) is 35.5 Å². The molecule has 0 bridgehead atoms. The van der Waals surface area contributed by atoms with E-state index in [1.807, 2.05) is 0 Å². The van der Waals surface area contributed by atoms with E-state index >= 15 is 0 Å². The fourth-order valence-corrected chi connectivity index (χ4v) is 3.28. The topological polar surface area (TPSA) is 55.1 Å². The number of nitrogens with one attached hydrogen (secondary N) is 1. The lowest BCUT2D eigenvalue weighted by Crippen LogP contribution is -2.44. The fraction of sp³-hybridized carbons (Fsp3) is 0.462. The maximum absolute atomic E-state index is 13.3. The van der Waals surface area contributed by atoms with Crippen LogP contribution in [0.15, 0.2) is 23.1 Å². The van der Waals surface area contributed by atoms with Gasteiger partial charge in [0.2, 0.25) is 5.91 Å². The van der Waals surface area contributed by atoms with Gasteiger partial charge in [0.25, 0.3) is 0 Å². The molecule has 3 nitrogen and oxygen atoms in total. The van der Waals surface area contributed by atoms with Crippen molar-refractivity contribution in [1.29, 1.82) is 0 Å². The Hall–Kier alpha value is -0.780. The maximum Gasteiger partial charge on any atom is 0.240 e. The molecule has 0 radical (unpaired) electrons. The van der Waals surface area contributed by atoms with Crippen LogP contribution in [-0.2, 0) is 4.79 Å². The van der Waals surface area contributed by atoms with Crippen molar-refractivity contribution in [2.45, 2.75) is 35.7 Å². The molecule has 1 atom stereocenters. The van der Waals surface area contributed by atoms with Gasteiger partial charge in [-0.1, -0.05) is 0 Å². The molecule has 19 heavy (non-hydrogen) atoms. The second-order valence-corrected chi connectivity index (χ2v) is 6.14. The largest absolute Gasteiger partial charge is 0.348 e. The van der Waals surface area contributed by atoms with Crippen molar-refractivity contribution >= 4 is 30.1 Å². The van der Waals surface area contributed by atoms with Gasteiger partial charge in [-0.3, -0.25) is 4.79 Å². The summed E-state index contributed by atoms with van der Waals surface area (Å²) in [6.45, 7) is 0. The van der Waals surface area contributed by atoms with Gasteiger partial charge in [-0.2, -0.15) is 0 Å². The minimum atomic E-state index is -0.669. The van der Waals surface area contributed by atoms with Crippen LogP contribution in [0.1, 0.15) is 30.9 Å². The zero-order chi connectivity index (χ0) is 12.8. The molecule has 104 valence electrons. The van der Waals surface area contributed by atoms with Crippen LogP contribution < -0.4 is 11.1 Å². The molecule has 1 fully saturated rings. The summed E-state index contributed by atoms with van der Waals surface area (Å²) in [5, 5.41) is 2.96. The lowest BCUT2D eigenvalue weighted by molar-refractivity contribution is -0.124. The quantitative estimate of drug-likeness (QED) is 0.882. The Balaban J connectivity index is 0.00000133. The van der Waals surface area contributed by atoms with E-state index in [1.54, 1.807) is 17.8 Å². The van der Waals surface area contributed by atoms with Gasteiger partial charge in [-0.05, 0) is 43.0 Å². The highest BCUT2D eigenvalue weighted by atomic mass is 35.5. The average molecular weight is 303 g/mol. The van der Waals surface area contributed by atoms with Crippen LogP contribution in [0.25, 0.3) is 0 Å². The van der Waals surface area contributed by atoms with Crippen molar-refractivity contribution in [2.24, 2.45) is 5.73 Å². The molecule has 0 spiro atoms. The van der Waals surface area contributed by atoms with Gasteiger partial charge in [0, 0.05) is 10.6 Å². The first-order chi connectivity index (χ1) is 8.58. The number of fused-ring (bicyclic) bond motifs is 1. The van der Waals surface area contributed by atoms with Gasteiger partial charge >= 0.3 is 0 Å². The molecule has 3 N–H and O–H groups in total. The van der Waals surface area contributed by atoms with E-state index < -0.39 is 5.54 Å². The number of amides is 1. The Morgan fingerprint density at radius 3 is 2.89 bits per heavy atom. The van der Waals surface area contributed by atoms with E-state index in [2.05, 4.69) is 5.32 Å². The van der Waals surface area contributed by atoms with Gasteiger partial charge in [0.05, 0.1) is 11.6 Å². The van der Waals surface area contributed by atoms with Crippen LogP contribution >= 0.6 is 24.2 Å². The molecule has 1 unspecified atom stereocenters. The van der Waals surface area contributed by atoms with Gasteiger partial charge in [0.1, 0.15) is 5.82 Å². The predicted molar refractivity (Wildman–Crippen MR) is 76.0 cm³/mol. The van der Waals surface area contributed by atoms with E-state index in [9.17, 15) is 9.18 Å². The van der Waals surface area contributed by atoms with Crippen molar-refractivity contribution in [3.63, 3.8) is 0 Å². The van der Waals surface area contributed by atoms with Crippen LogP contribution in [0.2, 0.25) is 0 Å². The number of nitrogens with two attached hydrogens (primary N) is 1. The molecule has 0 saturated heterocycles. The minimum Gasteiger partial charge on any atom is -0.348 e. The fourth-order valence-electron chi connectivity index (χ4n) is 2.18. The summed E-state index contributed by atoms with van der Waals surface area (Å²) >= 11 is 1.70. The van der Waals surface area contributed by atoms with Gasteiger partial charge in [0.15, 0.2) is 0 Å². The first-order valence-electron chi connectivity index (χ1n) is 6.11. The number of hydrogen-bond donors (Lipinski definition) is 2. The molecule has 1 aliphatic heterocycles. The van der Waals surface area contributed by atoms with Crippen molar-refractivity contribution in [3.05, 3.63) is 29.6 Å². The normalized spacial score (nSPS) is 22.9. The number of halogens is 2. The Morgan fingerprint density at radius 1 is 1.47 bits per heavy atom. The van der Waals surface area contributed by atoms with Crippen LogP contribution in [0.4, 0.5) is 4.39 Å². The van der Waals surface area contributed by atoms with E-state index in [4.69, 9.17) is 5.73 Å². The lowest BCUT2D eigenvalue weighted by atomic mass is 10.0. The standard InChI is InChI=1S/C13H15FN2OS.ClH/c14-8-1-2-11-9(7-8)10(3-6-18-11)16-12(17)13(15)4-5-13;/h1-2,7,10H,3-6,15H2,(H,16,17);1H. The average Bonchev–Trinajstić information content (AvgIpc) is 3.09. The van der Waals surface area contributed by atoms with Crippen LogP contribution in [-0.4, -0.2) is 17.2 Å². The predicted octanol–water partition coefficient (Wildman–Crippen LogP) is 2.39. The first kappa shape index (κ1) is 14.6. The summed E-state index contributed by atoms with van der Waals surface area (Å²) in [6.07, 6.45) is 2.32. The van der Waals surface area contributed by atoms with Gasteiger partial charge in [-0.15, -0.1) is 24.2 Å². The minimum absolute atomic E-state index is 0. The third kappa shape index (κ3) is 2.88. The van der Waals surface area contributed by atoms with Crippen molar-refractivity contribution in [3.8, 4) is 0 Å². The second kappa shape index (κ2) is 5.31. The van der Waals surface area contributed by atoms with Crippen LogP contribution in [0, 0.1) is 5.82 Å². The Kier molecular flexibility index (Phi) is 4.08. The number of rotatable bonds is 2. The molecular weight excluding hydrogens is 287 g/mol. The van der Waals surface area contributed by atoms with Gasteiger partial charge in [-0.25, -0.2) is 4.39 Å². The first-order valence-corrected chi connectivity index (χ1v) is 7.09. The molecule has 0 aromatic heterocycles. The highest BCUT2D eigenvalue weighted by molar-refractivity contribution is 7.99. The van der Waals surface area contributed by atoms with E-state index in [1.165, 1.54) is 12.1 Å². The van der Waals surface area contributed by atoms with Crippen LogP contribution in [0.3, 0.4) is 0 Å². The molecule has 2 aliphatic rings. The Labute approximate surface area is 121 Å². The molecular formula is C13H16ClFN2OS. The number of carbonyl (C=O) groups excluding carboxylic acids is 1. The number of carbonyl (C=O) groups is 1. The zero-order valence-corrected chi connectivity index (χ0v) is 12.0. The highest BCUT2D eigenvalue weighted by Gasteiger charge is 2.46. The molecule has 1 aromatic rings. The number of thioether (sulfide) groups is 1. The summed E-state index contributed by atoms with van der Waals surface area (Å²) < 4.78 is 13.3. The summed E-state index contributed by atoms with van der Waals surface area (Å²) in [5.74, 6) is 0.570. The molecule has 3 rings (SSSR count).